The van der Waals surface area contributed by atoms with Crippen molar-refractivity contribution in [3.05, 3.63) is 47.0 Å². The molecule has 0 bridgehead atoms. The third-order valence-electron chi connectivity index (χ3n) is 4.14. The van der Waals surface area contributed by atoms with Crippen molar-refractivity contribution in [2.45, 2.75) is 51.9 Å². The van der Waals surface area contributed by atoms with Gasteiger partial charge in [0.05, 0.1) is 13.2 Å². The molecule has 1 aliphatic heterocycles. The summed E-state index contributed by atoms with van der Waals surface area (Å²) in [5.74, 6) is 2.14. The van der Waals surface area contributed by atoms with Crippen LogP contribution in [0.25, 0.3) is 0 Å². The number of nitrogens with zero attached hydrogens (tertiary/aromatic N) is 3. The zero-order chi connectivity index (χ0) is 14.7. The van der Waals surface area contributed by atoms with Crippen molar-refractivity contribution in [2.75, 3.05) is 0 Å². The Morgan fingerprint density at radius 2 is 2.24 bits per heavy atom. The number of hydrogen-bond acceptors (Lipinski definition) is 4. The van der Waals surface area contributed by atoms with Crippen molar-refractivity contribution in [1.82, 2.24) is 20.1 Å². The molecule has 0 spiro atoms. The number of aliphatic hydroxyl groups excluding tert-OH is 1. The minimum absolute atomic E-state index is 0.0816. The van der Waals surface area contributed by atoms with E-state index in [9.17, 15) is 5.11 Å². The SMILES string of the molecule is C[C@H](NCc1nnc2n1CCCC2)c1cccc(CO)c1. The summed E-state index contributed by atoms with van der Waals surface area (Å²) in [7, 11) is 0. The Balaban J connectivity index is 1.65. The van der Waals surface area contributed by atoms with Crippen LogP contribution in [0.1, 0.15) is 48.6 Å². The number of aryl methyl sites for hydroxylation is 1. The fraction of sp³-hybridized carbons (Fsp3) is 0.500. The quantitative estimate of drug-likeness (QED) is 0.882. The lowest BCUT2D eigenvalue weighted by Crippen LogP contribution is -2.22. The lowest BCUT2D eigenvalue weighted by molar-refractivity contribution is 0.281. The molecule has 0 unspecified atom stereocenters. The summed E-state index contributed by atoms with van der Waals surface area (Å²) >= 11 is 0. The molecule has 3 rings (SSSR count). The second kappa shape index (κ2) is 6.37. The highest BCUT2D eigenvalue weighted by atomic mass is 16.3. The molecule has 5 nitrogen and oxygen atoms in total. The predicted molar refractivity (Wildman–Crippen MR) is 80.6 cm³/mol. The zero-order valence-electron chi connectivity index (χ0n) is 12.4. The normalized spacial score (nSPS) is 15.7. The minimum Gasteiger partial charge on any atom is -0.392 e. The molecule has 0 aliphatic carbocycles. The molecule has 112 valence electrons. The summed E-state index contributed by atoms with van der Waals surface area (Å²) in [6.07, 6.45) is 3.48. The van der Waals surface area contributed by atoms with Crippen LogP contribution in [-0.4, -0.2) is 19.9 Å². The lowest BCUT2D eigenvalue weighted by atomic mass is 10.1. The standard InChI is InChI=1S/C16H22N4O/c1-12(14-6-4-5-13(9-14)11-21)17-10-16-19-18-15-7-2-3-8-20(15)16/h4-6,9,12,17,21H,2-3,7-8,10-11H2,1H3/t12-/m0/s1. The third kappa shape index (κ3) is 3.14. The molecular formula is C16H22N4O. The van der Waals surface area contributed by atoms with Crippen molar-refractivity contribution in [1.29, 1.82) is 0 Å². The summed E-state index contributed by atoms with van der Waals surface area (Å²) in [5, 5.41) is 21.3. The van der Waals surface area contributed by atoms with Crippen LogP contribution in [0, 0.1) is 0 Å². The highest BCUT2D eigenvalue weighted by Crippen LogP contribution is 2.17. The fourth-order valence-electron chi connectivity index (χ4n) is 2.82. The maximum absolute atomic E-state index is 9.21. The van der Waals surface area contributed by atoms with Gasteiger partial charge < -0.3 is 15.0 Å². The van der Waals surface area contributed by atoms with Crippen LogP contribution >= 0.6 is 0 Å². The van der Waals surface area contributed by atoms with E-state index in [2.05, 4.69) is 33.1 Å². The maximum atomic E-state index is 9.21. The molecule has 21 heavy (non-hydrogen) atoms. The second-order valence-electron chi connectivity index (χ2n) is 5.65. The van der Waals surface area contributed by atoms with Crippen LogP contribution < -0.4 is 5.32 Å². The minimum atomic E-state index is 0.0816. The van der Waals surface area contributed by atoms with Crippen molar-refractivity contribution in [2.24, 2.45) is 0 Å². The number of nitrogens with one attached hydrogen (secondary N) is 1. The molecule has 5 heteroatoms. The van der Waals surface area contributed by atoms with Crippen molar-refractivity contribution in [3.8, 4) is 0 Å². The Hall–Kier alpha value is -1.72. The van der Waals surface area contributed by atoms with Gasteiger partial charge in [-0.25, -0.2) is 0 Å². The number of fused-ring (bicyclic) bond motifs is 1. The molecule has 2 heterocycles. The monoisotopic (exact) mass is 286 g/mol. The molecule has 0 amide bonds. The molecule has 0 radical (unpaired) electrons. The molecule has 0 fully saturated rings. The lowest BCUT2D eigenvalue weighted by Gasteiger charge is -2.17. The smallest absolute Gasteiger partial charge is 0.147 e. The molecular weight excluding hydrogens is 264 g/mol. The van der Waals surface area contributed by atoms with Gasteiger partial charge in [0.2, 0.25) is 0 Å². The fourth-order valence-corrected chi connectivity index (χ4v) is 2.82. The van der Waals surface area contributed by atoms with E-state index < -0.39 is 0 Å². The van der Waals surface area contributed by atoms with Crippen molar-refractivity contribution >= 4 is 0 Å². The van der Waals surface area contributed by atoms with Crippen molar-refractivity contribution in [3.63, 3.8) is 0 Å². The van der Waals surface area contributed by atoms with Crippen LogP contribution in [0.15, 0.2) is 24.3 Å². The van der Waals surface area contributed by atoms with Crippen LogP contribution in [0.2, 0.25) is 0 Å². The van der Waals surface area contributed by atoms with Gasteiger partial charge in [0.25, 0.3) is 0 Å². The first-order valence-electron chi connectivity index (χ1n) is 7.62. The largest absolute Gasteiger partial charge is 0.392 e. The van der Waals surface area contributed by atoms with Crippen molar-refractivity contribution < 1.29 is 5.11 Å². The van der Waals surface area contributed by atoms with E-state index in [1.54, 1.807) is 0 Å². The first kappa shape index (κ1) is 14.2. The van der Waals surface area contributed by atoms with Gasteiger partial charge in [-0.2, -0.15) is 0 Å². The molecule has 0 saturated heterocycles. The molecule has 1 aromatic heterocycles. The topological polar surface area (TPSA) is 63.0 Å². The maximum Gasteiger partial charge on any atom is 0.147 e. The number of hydrogen-bond donors (Lipinski definition) is 2. The van der Waals surface area contributed by atoms with Gasteiger partial charge in [0.15, 0.2) is 0 Å². The van der Waals surface area contributed by atoms with E-state index in [1.165, 1.54) is 18.4 Å². The van der Waals surface area contributed by atoms with Gasteiger partial charge in [0, 0.05) is 19.0 Å². The summed E-state index contributed by atoms with van der Waals surface area (Å²) < 4.78 is 2.24. The van der Waals surface area contributed by atoms with Gasteiger partial charge in [-0.05, 0) is 30.9 Å². The molecule has 1 aromatic carbocycles. The number of benzene rings is 1. The molecule has 0 saturated carbocycles. The van der Waals surface area contributed by atoms with Gasteiger partial charge in [0.1, 0.15) is 11.6 Å². The Kier molecular flexibility index (Phi) is 4.31. The molecule has 1 aliphatic rings. The van der Waals surface area contributed by atoms with Crippen LogP contribution in [0.3, 0.4) is 0 Å². The van der Waals surface area contributed by atoms with E-state index in [0.717, 1.165) is 36.7 Å². The Bertz CT molecular complexity index is 608. The third-order valence-corrected chi connectivity index (χ3v) is 4.14. The highest BCUT2D eigenvalue weighted by Gasteiger charge is 2.16. The second-order valence-corrected chi connectivity index (χ2v) is 5.65. The van der Waals surface area contributed by atoms with Crippen LogP contribution in [-0.2, 0) is 26.1 Å². The Morgan fingerprint density at radius 1 is 1.33 bits per heavy atom. The predicted octanol–water partition coefficient (Wildman–Crippen LogP) is 1.96. The number of aromatic nitrogens is 3. The van der Waals surface area contributed by atoms with Gasteiger partial charge in [-0.3, -0.25) is 0 Å². The van der Waals surface area contributed by atoms with Gasteiger partial charge in [-0.1, -0.05) is 24.3 Å². The average Bonchev–Trinajstić information content (AvgIpc) is 2.96. The summed E-state index contributed by atoms with van der Waals surface area (Å²) in [6, 6.07) is 8.25. The first-order chi connectivity index (χ1) is 10.3. The van der Waals surface area contributed by atoms with Gasteiger partial charge >= 0.3 is 0 Å². The van der Waals surface area contributed by atoms with E-state index >= 15 is 0 Å². The van der Waals surface area contributed by atoms with E-state index in [-0.39, 0.29) is 12.6 Å². The van der Waals surface area contributed by atoms with E-state index in [1.807, 2.05) is 18.2 Å². The summed E-state index contributed by atoms with van der Waals surface area (Å²) in [5.41, 5.74) is 2.13. The van der Waals surface area contributed by atoms with Gasteiger partial charge in [-0.15, -0.1) is 10.2 Å². The molecule has 1 atom stereocenters. The van der Waals surface area contributed by atoms with Crippen LogP contribution in [0.4, 0.5) is 0 Å². The number of rotatable bonds is 5. The van der Waals surface area contributed by atoms with E-state index in [4.69, 9.17) is 0 Å². The molecule has 2 N–H and O–H groups in total. The van der Waals surface area contributed by atoms with E-state index in [0.29, 0.717) is 0 Å². The Labute approximate surface area is 125 Å². The summed E-state index contributed by atoms with van der Waals surface area (Å²) in [4.78, 5) is 0. The first-order valence-corrected chi connectivity index (χ1v) is 7.62. The Morgan fingerprint density at radius 3 is 3.10 bits per heavy atom. The molecule has 2 aromatic rings. The number of aliphatic hydroxyl groups is 1. The summed E-state index contributed by atoms with van der Waals surface area (Å²) in [6.45, 7) is 3.97. The highest BCUT2D eigenvalue weighted by molar-refractivity contribution is 5.25. The zero-order valence-corrected chi connectivity index (χ0v) is 12.4. The van der Waals surface area contributed by atoms with Crippen LogP contribution in [0.5, 0.6) is 0 Å². The average molecular weight is 286 g/mol.